The van der Waals surface area contributed by atoms with Crippen LogP contribution in [0.25, 0.3) is 0 Å². The molecule has 0 aromatic carbocycles. The fraction of sp³-hybridized carbons (Fsp3) is 1.00. The second-order valence-electron chi connectivity index (χ2n) is 6.84. The van der Waals surface area contributed by atoms with Crippen molar-refractivity contribution in [3.05, 3.63) is 0 Å². The number of likely N-dealkylation sites (N-methyl/N-ethyl adjacent to an activating group) is 1. The van der Waals surface area contributed by atoms with E-state index in [1.165, 1.54) is 64.5 Å². The molecule has 2 aliphatic rings. The van der Waals surface area contributed by atoms with Gasteiger partial charge in [-0.2, -0.15) is 0 Å². The molecule has 0 radical (unpaired) electrons. The smallest absolute Gasteiger partial charge is 0.0334 e. The van der Waals surface area contributed by atoms with E-state index >= 15 is 0 Å². The number of rotatable bonds is 6. The third kappa shape index (κ3) is 3.33. The molecule has 0 aromatic heterocycles. The molecule has 1 aliphatic carbocycles. The van der Waals surface area contributed by atoms with Crippen molar-refractivity contribution in [2.75, 3.05) is 19.6 Å². The van der Waals surface area contributed by atoms with E-state index in [1.54, 1.807) is 0 Å². The van der Waals surface area contributed by atoms with Gasteiger partial charge in [-0.3, -0.25) is 4.90 Å². The van der Waals surface area contributed by atoms with Gasteiger partial charge in [-0.05, 0) is 64.6 Å². The molecule has 0 aromatic rings. The molecule has 0 amide bonds. The summed E-state index contributed by atoms with van der Waals surface area (Å²) in [4.78, 5) is 2.79. The lowest BCUT2D eigenvalue weighted by Crippen LogP contribution is -2.61. The lowest BCUT2D eigenvalue weighted by atomic mass is 9.73. The summed E-state index contributed by atoms with van der Waals surface area (Å²) >= 11 is 0. The number of likely N-dealkylation sites (tertiary alicyclic amines) is 1. The largest absolute Gasteiger partial charge is 0.312 e. The topological polar surface area (TPSA) is 15.3 Å². The average Bonchev–Trinajstić information content (AvgIpc) is 2.99. The van der Waals surface area contributed by atoms with Gasteiger partial charge in [0.2, 0.25) is 0 Å². The maximum Gasteiger partial charge on any atom is 0.0334 e. The van der Waals surface area contributed by atoms with E-state index in [4.69, 9.17) is 0 Å². The Hall–Kier alpha value is -0.0800. The van der Waals surface area contributed by atoms with Crippen LogP contribution in [-0.4, -0.2) is 36.1 Å². The van der Waals surface area contributed by atoms with Crippen LogP contribution in [0.2, 0.25) is 0 Å². The van der Waals surface area contributed by atoms with E-state index in [-0.39, 0.29) is 0 Å². The highest BCUT2D eigenvalue weighted by atomic mass is 15.2. The fourth-order valence-electron chi connectivity index (χ4n) is 4.45. The molecule has 1 N–H and O–H groups in total. The fourth-order valence-corrected chi connectivity index (χ4v) is 4.45. The number of nitrogens with one attached hydrogen (secondary N) is 1. The van der Waals surface area contributed by atoms with Gasteiger partial charge in [-0.1, -0.05) is 33.1 Å². The highest BCUT2D eigenvalue weighted by molar-refractivity contribution is 5.01. The van der Waals surface area contributed by atoms with Gasteiger partial charge in [0.15, 0.2) is 0 Å². The SMILES string of the molecule is CCNC(C1CCCCC1)C(C)(CC)N1CCCC1. The maximum atomic E-state index is 3.88. The molecule has 1 heterocycles. The third-order valence-electron chi connectivity index (χ3n) is 5.76. The monoisotopic (exact) mass is 266 g/mol. The van der Waals surface area contributed by atoms with E-state index < -0.39 is 0 Å². The first-order valence-corrected chi connectivity index (χ1v) is 8.70. The first-order valence-electron chi connectivity index (χ1n) is 8.70. The minimum atomic E-state index is 0.370. The molecule has 2 unspecified atom stereocenters. The highest BCUT2D eigenvalue weighted by Gasteiger charge is 2.42. The van der Waals surface area contributed by atoms with E-state index in [0.717, 1.165) is 12.5 Å². The molecule has 2 atom stereocenters. The van der Waals surface area contributed by atoms with Gasteiger partial charge in [-0.25, -0.2) is 0 Å². The van der Waals surface area contributed by atoms with Crippen molar-refractivity contribution < 1.29 is 0 Å². The first-order chi connectivity index (χ1) is 9.22. The molecule has 2 nitrogen and oxygen atoms in total. The van der Waals surface area contributed by atoms with Crippen LogP contribution >= 0.6 is 0 Å². The van der Waals surface area contributed by atoms with Crippen molar-refractivity contribution in [3.63, 3.8) is 0 Å². The van der Waals surface area contributed by atoms with Crippen LogP contribution in [0.3, 0.4) is 0 Å². The quantitative estimate of drug-likeness (QED) is 0.786. The summed E-state index contributed by atoms with van der Waals surface area (Å²) in [6.07, 6.45) is 11.3. The summed E-state index contributed by atoms with van der Waals surface area (Å²) in [5.41, 5.74) is 0.370. The zero-order chi connectivity index (χ0) is 13.7. The van der Waals surface area contributed by atoms with Crippen molar-refractivity contribution in [2.45, 2.75) is 83.7 Å². The van der Waals surface area contributed by atoms with Gasteiger partial charge in [-0.15, -0.1) is 0 Å². The van der Waals surface area contributed by atoms with Crippen molar-refractivity contribution in [1.29, 1.82) is 0 Å². The van der Waals surface area contributed by atoms with Gasteiger partial charge in [0.1, 0.15) is 0 Å². The van der Waals surface area contributed by atoms with Gasteiger partial charge in [0, 0.05) is 11.6 Å². The molecule has 0 bridgehead atoms. The second kappa shape index (κ2) is 7.08. The Kier molecular flexibility index (Phi) is 5.70. The number of hydrogen-bond donors (Lipinski definition) is 1. The standard InChI is InChI=1S/C17H34N2/c1-4-17(3,19-13-9-10-14-19)16(18-5-2)15-11-7-6-8-12-15/h15-16,18H,4-14H2,1-3H3. The second-order valence-corrected chi connectivity index (χ2v) is 6.84. The minimum absolute atomic E-state index is 0.370. The molecule has 1 saturated carbocycles. The van der Waals surface area contributed by atoms with E-state index in [1.807, 2.05) is 0 Å². The summed E-state index contributed by atoms with van der Waals surface area (Å²) in [5, 5.41) is 3.88. The Labute approximate surface area is 120 Å². The zero-order valence-electron chi connectivity index (χ0n) is 13.4. The molecular formula is C17H34N2. The summed E-state index contributed by atoms with van der Waals surface area (Å²) in [6, 6.07) is 0.695. The Bertz CT molecular complexity index is 254. The molecule has 1 aliphatic heterocycles. The lowest BCUT2D eigenvalue weighted by Gasteiger charge is -2.49. The molecule has 2 rings (SSSR count). The summed E-state index contributed by atoms with van der Waals surface area (Å²) in [5.74, 6) is 0.902. The van der Waals surface area contributed by atoms with Gasteiger partial charge in [0.05, 0.1) is 0 Å². The molecule has 1 saturated heterocycles. The first kappa shape index (κ1) is 15.3. The van der Waals surface area contributed by atoms with Crippen molar-refractivity contribution in [2.24, 2.45) is 5.92 Å². The van der Waals surface area contributed by atoms with Gasteiger partial charge in [0.25, 0.3) is 0 Å². The number of hydrogen-bond acceptors (Lipinski definition) is 2. The van der Waals surface area contributed by atoms with E-state index in [0.29, 0.717) is 11.6 Å². The number of nitrogens with zero attached hydrogens (tertiary/aromatic N) is 1. The predicted octanol–water partition coefficient (Wildman–Crippen LogP) is 3.81. The van der Waals surface area contributed by atoms with Crippen molar-refractivity contribution in [3.8, 4) is 0 Å². The summed E-state index contributed by atoms with van der Waals surface area (Å²) < 4.78 is 0. The average molecular weight is 266 g/mol. The van der Waals surface area contributed by atoms with Crippen LogP contribution in [0.4, 0.5) is 0 Å². The van der Waals surface area contributed by atoms with Crippen LogP contribution in [0.5, 0.6) is 0 Å². The molecule has 2 fully saturated rings. The molecular weight excluding hydrogens is 232 g/mol. The van der Waals surface area contributed by atoms with Crippen LogP contribution in [0.1, 0.15) is 72.1 Å². The maximum absolute atomic E-state index is 3.88. The van der Waals surface area contributed by atoms with Gasteiger partial charge >= 0.3 is 0 Å². The normalized spacial score (nSPS) is 27.3. The lowest BCUT2D eigenvalue weighted by molar-refractivity contribution is 0.0478. The van der Waals surface area contributed by atoms with Gasteiger partial charge < -0.3 is 5.32 Å². The Morgan fingerprint density at radius 2 is 1.68 bits per heavy atom. The van der Waals surface area contributed by atoms with E-state index in [2.05, 4.69) is 31.0 Å². The Balaban J connectivity index is 2.13. The molecule has 112 valence electrons. The van der Waals surface area contributed by atoms with Crippen LogP contribution in [0, 0.1) is 5.92 Å². The zero-order valence-corrected chi connectivity index (χ0v) is 13.4. The van der Waals surface area contributed by atoms with Crippen LogP contribution < -0.4 is 5.32 Å². The van der Waals surface area contributed by atoms with Crippen molar-refractivity contribution in [1.82, 2.24) is 10.2 Å². The van der Waals surface area contributed by atoms with Crippen molar-refractivity contribution >= 4 is 0 Å². The molecule has 19 heavy (non-hydrogen) atoms. The predicted molar refractivity (Wildman–Crippen MR) is 83.5 cm³/mol. The summed E-state index contributed by atoms with van der Waals surface area (Å²) in [6.45, 7) is 10.9. The Morgan fingerprint density at radius 1 is 1.05 bits per heavy atom. The molecule has 0 spiro atoms. The van der Waals surface area contributed by atoms with Crippen LogP contribution in [0.15, 0.2) is 0 Å². The van der Waals surface area contributed by atoms with E-state index in [9.17, 15) is 0 Å². The minimum Gasteiger partial charge on any atom is -0.312 e. The third-order valence-corrected chi connectivity index (χ3v) is 5.76. The molecule has 2 heteroatoms. The summed E-state index contributed by atoms with van der Waals surface area (Å²) in [7, 11) is 0. The highest BCUT2D eigenvalue weighted by Crippen LogP contribution is 2.37. The Morgan fingerprint density at radius 3 is 2.21 bits per heavy atom. The van der Waals surface area contributed by atoms with Crippen LogP contribution in [-0.2, 0) is 0 Å².